The van der Waals surface area contributed by atoms with Gasteiger partial charge in [-0.05, 0) is 12.1 Å². The molecule has 1 heterocycles. The van der Waals surface area contributed by atoms with E-state index in [9.17, 15) is 9.59 Å². The van der Waals surface area contributed by atoms with Gasteiger partial charge in [-0.15, -0.1) is 0 Å². The van der Waals surface area contributed by atoms with Crippen LogP contribution in [0.1, 0.15) is 26.3 Å². The Labute approximate surface area is 91.8 Å². The number of esters is 2. The Morgan fingerprint density at radius 2 is 2.07 bits per heavy atom. The SMILES string of the molecule is O=C1OC(=O)c2c(C#CCS)cccc21. The number of fused-ring (bicyclic) bond motifs is 1. The van der Waals surface area contributed by atoms with E-state index in [1.165, 1.54) is 0 Å². The molecule has 2 rings (SSSR count). The Morgan fingerprint density at radius 3 is 2.80 bits per heavy atom. The highest BCUT2D eigenvalue weighted by molar-refractivity contribution is 7.80. The van der Waals surface area contributed by atoms with Gasteiger partial charge in [-0.25, -0.2) is 9.59 Å². The number of benzene rings is 1. The summed E-state index contributed by atoms with van der Waals surface area (Å²) in [5.41, 5.74) is 1.06. The zero-order valence-electron chi connectivity index (χ0n) is 7.61. The topological polar surface area (TPSA) is 43.4 Å². The maximum atomic E-state index is 11.3. The summed E-state index contributed by atoms with van der Waals surface area (Å²) >= 11 is 3.94. The first-order chi connectivity index (χ1) is 7.24. The Bertz CT molecular complexity index is 508. The molecule has 4 heteroatoms. The molecule has 0 fully saturated rings. The number of carbonyl (C=O) groups is 2. The molecule has 0 unspecified atom stereocenters. The minimum absolute atomic E-state index is 0.261. The maximum absolute atomic E-state index is 11.3. The Hall–Kier alpha value is -1.73. The summed E-state index contributed by atoms with van der Waals surface area (Å²) in [6.07, 6.45) is 0. The third-order valence-corrected chi connectivity index (χ3v) is 2.13. The number of rotatable bonds is 0. The molecule has 0 saturated carbocycles. The maximum Gasteiger partial charge on any atom is 0.348 e. The van der Waals surface area contributed by atoms with Crippen LogP contribution >= 0.6 is 12.6 Å². The number of ether oxygens (including phenoxy) is 1. The second kappa shape index (κ2) is 3.79. The van der Waals surface area contributed by atoms with E-state index in [0.717, 1.165) is 0 Å². The molecule has 3 nitrogen and oxygen atoms in total. The van der Waals surface area contributed by atoms with Gasteiger partial charge in [0.25, 0.3) is 0 Å². The van der Waals surface area contributed by atoms with Gasteiger partial charge in [0.2, 0.25) is 0 Å². The molecule has 0 radical (unpaired) electrons. The van der Waals surface area contributed by atoms with Gasteiger partial charge in [0, 0.05) is 5.56 Å². The van der Waals surface area contributed by atoms with Gasteiger partial charge in [0.15, 0.2) is 0 Å². The molecule has 0 N–H and O–H groups in total. The van der Waals surface area contributed by atoms with Gasteiger partial charge in [0.05, 0.1) is 16.9 Å². The molecule has 0 aliphatic carbocycles. The first kappa shape index (κ1) is 9.81. The van der Waals surface area contributed by atoms with Crippen molar-refractivity contribution in [2.24, 2.45) is 0 Å². The molecule has 1 aromatic rings. The van der Waals surface area contributed by atoms with Crippen LogP contribution in [0.2, 0.25) is 0 Å². The van der Waals surface area contributed by atoms with E-state index < -0.39 is 11.9 Å². The average molecular weight is 218 g/mol. The Morgan fingerprint density at radius 1 is 1.27 bits per heavy atom. The highest BCUT2D eigenvalue weighted by Gasteiger charge is 2.31. The molecule has 0 amide bonds. The normalized spacial score (nSPS) is 12.9. The van der Waals surface area contributed by atoms with E-state index in [0.29, 0.717) is 11.3 Å². The lowest BCUT2D eigenvalue weighted by atomic mass is 10.0. The van der Waals surface area contributed by atoms with E-state index in [2.05, 4.69) is 29.2 Å². The quantitative estimate of drug-likeness (QED) is 0.309. The lowest BCUT2D eigenvalue weighted by Crippen LogP contribution is -1.98. The monoisotopic (exact) mass is 218 g/mol. The minimum atomic E-state index is -0.626. The molecule has 1 aliphatic rings. The fourth-order valence-corrected chi connectivity index (χ4v) is 1.45. The van der Waals surface area contributed by atoms with Gasteiger partial charge in [-0.1, -0.05) is 17.9 Å². The zero-order chi connectivity index (χ0) is 10.8. The van der Waals surface area contributed by atoms with Crippen molar-refractivity contribution in [1.29, 1.82) is 0 Å². The molecule has 0 aromatic heterocycles. The van der Waals surface area contributed by atoms with Crippen LogP contribution in [0.15, 0.2) is 18.2 Å². The summed E-state index contributed by atoms with van der Waals surface area (Å²) in [6.45, 7) is 0. The van der Waals surface area contributed by atoms with E-state index in [1.54, 1.807) is 18.2 Å². The Balaban J connectivity index is 2.60. The molecule has 1 aromatic carbocycles. The standard InChI is InChI=1S/C11H6O3S/c12-10-8-5-1-3-7(4-2-6-15)9(8)11(13)14-10/h1,3,5,15H,6H2. The predicted molar refractivity (Wildman–Crippen MR) is 56.9 cm³/mol. The second-order valence-electron chi connectivity index (χ2n) is 2.87. The highest BCUT2D eigenvalue weighted by Crippen LogP contribution is 2.22. The van der Waals surface area contributed by atoms with Crippen molar-refractivity contribution in [2.45, 2.75) is 0 Å². The van der Waals surface area contributed by atoms with Crippen LogP contribution in [0, 0.1) is 11.8 Å². The number of thiol groups is 1. The summed E-state index contributed by atoms with van der Waals surface area (Å²) in [5.74, 6) is 4.65. The van der Waals surface area contributed by atoms with Gasteiger partial charge in [-0.3, -0.25) is 0 Å². The fourth-order valence-electron chi connectivity index (χ4n) is 1.37. The van der Waals surface area contributed by atoms with Crippen LogP contribution in [-0.4, -0.2) is 17.7 Å². The summed E-state index contributed by atoms with van der Waals surface area (Å²) in [7, 11) is 0. The molecular formula is C11H6O3S. The third-order valence-electron chi connectivity index (χ3n) is 1.98. The second-order valence-corrected chi connectivity index (χ2v) is 3.18. The molecule has 0 saturated heterocycles. The van der Waals surface area contributed by atoms with Crippen LogP contribution in [0.4, 0.5) is 0 Å². The zero-order valence-corrected chi connectivity index (χ0v) is 8.51. The number of hydrogen-bond acceptors (Lipinski definition) is 4. The average Bonchev–Trinajstić information content (AvgIpc) is 2.53. The number of carbonyl (C=O) groups excluding carboxylic acids is 2. The van der Waals surface area contributed by atoms with E-state index >= 15 is 0 Å². The van der Waals surface area contributed by atoms with Crippen molar-refractivity contribution in [3.8, 4) is 11.8 Å². The van der Waals surface area contributed by atoms with Gasteiger partial charge in [0.1, 0.15) is 0 Å². The van der Waals surface area contributed by atoms with Crippen molar-refractivity contribution < 1.29 is 14.3 Å². The first-order valence-electron chi connectivity index (χ1n) is 4.23. The van der Waals surface area contributed by atoms with Crippen LogP contribution in [0.25, 0.3) is 0 Å². The number of hydrogen-bond donors (Lipinski definition) is 1. The molecular weight excluding hydrogens is 212 g/mol. The third kappa shape index (κ3) is 1.62. The fraction of sp³-hybridized carbons (Fsp3) is 0.0909. The van der Waals surface area contributed by atoms with Crippen molar-refractivity contribution in [3.63, 3.8) is 0 Å². The lowest BCUT2D eigenvalue weighted by Gasteiger charge is -1.95. The van der Waals surface area contributed by atoms with Crippen LogP contribution in [-0.2, 0) is 4.74 Å². The molecule has 15 heavy (non-hydrogen) atoms. The highest BCUT2D eigenvalue weighted by atomic mass is 32.1. The number of cyclic esters (lactones) is 2. The van der Waals surface area contributed by atoms with Crippen molar-refractivity contribution in [3.05, 3.63) is 34.9 Å². The summed E-state index contributed by atoms with van der Waals surface area (Å²) in [6, 6.07) is 4.89. The smallest absolute Gasteiger partial charge is 0.348 e. The van der Waals surface area contributed by atoms with Crippen LogP contribution in [0.3, 0.4) is 0 Å². The van der Waals surface area contributed by atoms with Crippen molar-refractivity contribution in [2.75, 3.05) is 5.75 Å². The molecule has 74 valence electrons. The summed E-state index contributed by atoms with van der Waals surface area (Å²) in [5, 5.41) is 0. The molecule has 0 atom stereocenters. The van der Waals surface area contributed by atoms with Crippen LogP contribution < -0.4 is 0 Å². The van der Waals surface area contributed by atoms with E-state index in [4.69, 9.17) is 0 Å². The summed E-state index contributed by atoms with van der Waals surface area (Å²) in [4.78, 5) is 22.5. The lowest BCUT2D eigenvalue weighted by molar-refractivity contribution is 0.0444. The van der Waals surface area contributed by atoms with Gasteiger partial charge in [-0.2, -0.15) is 12.6 Å². The first-order valence-corrected chi connectivity index (χ1v) is 4.86. The van der Waals surface area contributed by atoms with E-state index in [-0.39, 0.29) is 11.1 Å². The molecule has 0 spiro atoms. The van der Waals surface area contributed by atoms with Gasteiger partial charge < -0.3 is 4.74 Å². The van der Waals surface area contributed by atoms with Crippen molar-refractivity contribution in [1.82, 2.24) is 0 Å². The summed E-state index contributed by atoms with van der Waals surface area (Å²) < 4.78 is 4.49. The predicted octanol–water partition coefficient (Wildman–Crippen LogP) is 1.28. The molecule has 1 aliphatic heterocycles. The van der Waals surface area contributed by atoms with Gasteiger partial charge >= 0.3 is 11.9 Å². The largest absolute Gasteiger partial charge is 0.386 e. The van der Waals surface area contributed by atoms with Crippen molar-refractivity contribution >= 4 is 24.6 Å². The minimum Gasteiger partial charge on any atom is -0.386 e. The Kier molecular flexibility index (Phi) is 2.48. The molecule has 0 bridgehead atoms. The van der Waals surface area contributed by atoms with E-state index in [1.807, 2.05) is 0 Å². The van der Waals surface area contributed by atoms with Crippen LogP contribution in [0.5, 0.6) is 0 Å².